The minimum atomic E-state index is 0.239. The molecular formula is C19H25N9O. The van der Waals surface area contributed by atoms with Crippen molar-refractivity contribution in [2.24, 2.45) is 0 Å². The van der Waals surface area contributed by atoms with Crippen LogP contribution in [0.3, 0.4) is 0 Å². The van der Waals surface area contributed by atoms with Crippen LogP contribution in [-0.2, 0) is 4.74 Å². The molecule has 5 rings (SSSR count). The third-order valence-corrected chi connectivity index (χ3v) is 5.74. The van der Waals surface area contributed by atoms with E-state index in [-0.39, 0.29) is 5.95 Å². The normalized spacial score (nSPS) is 20.6. The van der Waals surface area contributed by atoms with E-state index < -0.39 is 0 Å². The van der Waals surface area contributed by atoms with Gasteiger partial charge in [-0.3, -0.25) is 0 Å². The number of nitrogens with zero attached hydrogens (tertiary/aromatic N) is 8. The fourth-order valence-electron chi connectivity index (χ4n) is 4.07. The highest BCUT2D eigenvalue weighted by Crippen LogP contribution is 2.31. The van der Waals surface area contributed by atoms with E-state index in [1.54, 1.807) is 12.4 Å². The summed E-state index contributed by atoms with van der Waals surface area (Å²) in [7, 11) is 0. The first kappa shape index (κ1) is 18.2. The smallest absolute Gasteiger partial charge is 0.228 e. The number of nitrogens with two attached hydrogens (primary N) is 1. The Morgan fingerprint density at radius 1 is 1.10 bits per heavy atom. The predicted molar refractivity (Wildman–Crippen MR) is 110 cm³/mol. The molecule has 152 valence electrons. The molecule has 3 aromatic rings. The Balaban J connectivity index is 1.63. The molecule has 0 radical (unpaired) electrons. The summed E-state index contributed by atoms with van der Waals surface area (Å²) in [4.78, 5) is 27.4. The highest BCUT2D eigenvalue weighted by molar-refractivity contribution is 5.88. The summed E-state index contributed by atoms with van der Waals surface area (Å²) in [6, 6.07) is 0.364. The lowest BCUT2D eigenvalue weighted by molar-refractivity contribution is 0.122. The summed E-state index contributed by atoms with van der Waals surface area (Å²) in [6.45, 7) is 8.26. The molecule has 0 saturated carbocycles. The van der Waals surface area contributed by atoms with Gasteiger partial charge in [-0.05, 0) is 13.0 Å². The van der Waals surface area contributed by atoms with Gasteiger partial charge in [0.05, 0.1) is 25.6 Å². The zero-order valence-corrected chi connectivity index (χ0v) is 16.5. The third kappa shape index (κ3) is 3.38. The lowest BCUT2D eigenvalue weighted by Gasteiger charge is -2.27. The summed E-state index contributed by atoms with van der Waals surface area (Å²) in [5, 5.41) is 0. The molecule has 2 saturated heterocycles. The summed E-state index contributed by atoms with van der Waals surface area (Å²) >= 11 is 0. The van der Waals surface area contributed by atoms with Crippen molar-refractivity contribution in [2.75, 3.05) is 56.6 Å². The van der Waals surface area contributed by atoms with Crippen LogP contribution in [0.15, 0.2) is 18.7 Å². The molecule has 0 spiro atoms. The van der Waals surface area contributed by atoms with Crippen LogP contribution in [0.1, 0.15) is 19.4 Å². The molecule has 1 unspecified atom stereocenters. The molecule has 2 aliphatic heterocycles. The number of nitrogen functional groups attached to an aromatic ring is 1. The maximum atomic E-state index is 5.68. The molecule has 2 aliphatic rings. The van der Waals surface area contributed by atoms with E-state index in [1.807, 2.05) is 6.33 Å². The number of morpholine rings is 1. The summed E-state index contributed by atoms with van der Waals surface area (Å²) in [5.41, 5.74) is 8.82. The number of hydrogen-bond acceptors (Lipinski definition) is 9. The van der Waals surface area contributed by atoms with E-state index in [9.17, 15) is 0 Å². The second-order valence-electron chi connectivity index (χ2n) is 7.46. The molecule has 0 aromatic carbocycles. The van der Waals surface area contributed by atoms with Gasteiger partial charge in [-0.2, -0.15) is 4.98 Å². The molecule has 1 atom stereocenters. The zero-order valence-electron chi connectivity index (χ0n) is 16.5. The largest absolute Gasteiger partial charge is 0.378 e. The van der Waals surface area contributed by atoms with E-state index in [1.165, 1.54) is 0 Å². The minimum absolute atomic E-state index is 0.239. The molecule has 2 fully saturated rings. The number of rotatable bonds is 4. The maximum Gasteiger partial charge on any atom is 0.228 e. The number of aromatic nitrogens is 6. The molecule has 0 bridgehead atoms. The van der Waals surface area contributed by atoms with Crippen molar-refractivity contribution < 1.29 is 4.74 Å². The zero-order chi connectivity index (χ0) is 19.8. The molecule has 0 aliphatic carbocycles. The molecule has 2 N–H and O–H groups in total. The number of anilines is 2. The lowest BCUT2D eigenvalue weighted by atomic mass is 10.2. The Morgan fingerprint density at radius 2 is 1.90 bits per heavy atom. The molecule has 5 heterocycles. The Hall–Kier alpha value is -2.85. The van der Waals surface area contributed by atoms with E-state index in [0.717, 1.165) is 61.6 Å². The Morgan fingerprint density at radius 3 is 2.62 bits per heavy atom. The van der Waals surface area contributed by atoms with E-state index >= 15 is 0 Å². The Bertz CT molecular complexity index is 997. The second-order valence-corrected chi connectivity index (χ2v) is 7.46. The first-order valence-corrected chi connectivity index (χ1v) is 10.1. The molecule has 29 heavy (non-hydrogen) atoms. The fourth-order valence-corrected chi connectivity index (χ4v) is 4.07. The van der Waals surface area contributed by atoms with Crippen molar-refractivity contribution in [3.63, 3.8) is 0 Å². The standard InChI is InChI=1S/C19H25N9O/c1-2-26-4-3-14(11-26)28-12-23-16-15(13-9-21-18(20)22-10-13)24-19(25-17(16)28)27-5-7-29-8-6-27/h9-10,12,14H,2-8,11H2,1H3,(H2,20,21,22). The van der Waals surface area contributed by atoms with Gasteiger partial charge in [-0.25, -0.2) is 19.9 Å². The summed E-state index contributed by atoms with van der Waals surface area (Å²) in [5.74, 6) is 0.934. The lowest BCUT2D eigenvalue weighted by Crippen LogP contribution is -2.37. The highest BCUT2D eigenvalue weighted by atomic mass is 16.5. The van der Waals surface area contributed by atoms with E-state index in [2.05, 4.69) is 36.2 Å². The molecular weight excluding hydrogens is 370 g/mol. The van der Waals surface area contributed by atoms with Gasteiger partial charge in [0.1, 0.15) is 11.2 Å². The predicted octanol–water partition coefficient (Wildman–Crippen LogP) is 0.969. The van der Waals surface area contributed by atoms with Gasteiger partial charge in [0, 0.05) is 44.1 Å². The quantitative estimate of drug-likeness (QED) is 0.690. The maximum absolute atomic E-state index is 5.68. The SMILES string of the molecule is CCN1CCC(n2cnc3c(-c4cnc(N)nc4)nc(N4CCOCC4)nc32)C1. The van der Waals surface area contributed by atoms with Gasteiger partial charge in [0.15, 0.2) is 5.65 Å². The minimum Gasteiger partial charge on any atom is -0.378 e. The Labute approximate surface area is 168 Å². The number of fused-ring (bicyclic) bond motifs is 1. The highest BCUT2D eigenvalue weighted by Gasteiger charge is 2.27. The van der Waals surface area contributed by atoms with Crippen molar-refractivity contribution >= 4 is 23.1 Å². The van der Waals surface area contributed by atoms with Gasteiger partial charge >= 0.3 is 0 Å². The fraction of sp³-hybridized carbons (Fsp3) is 0.526. The van der Waals surface area contributed by atoms with Crippen molar-refractivity contribution in [1.82, 2.24) is 34.4 Å². The van der Waals surface area contributed by atoms with E-state index in [4.69, 9.17) is 20.4 Å². The first-order chi connectivity index (χ1) is 14.2. The monoisotopic (exact) mass is 395 g/mol. The first-order valence-electron chi connectivity index (χ1n) is 10.1. The van der Waals surface area contributed by atoms with Gasteiger partial charge in [0.2, 0.25) is 11.9 Å². The van der Waals surface area contributed by atoms with Crippen LogP contribution in [0.2, 0.25) is 0 Å². The second kappa shape index (κ2) is 7.53. The van der Waals surface area contributed by atoms with Crippen LogP contribution in [-0.4, -0.2) is 80.3 Å². The average Bonchev–Trinajstić information content (AvgIpc) is 3.41. The number of hydrogen-bond donors (Lipinski definition) is 1. The molecule has 3 aromatic heterocycles. The number of ether oxygens (including phenoxy) is 1. The van der Waals surface area contributed by atoms with Crippen LogP contribution < -0.4 is 10.6 Å². The van der Waals surface area contributed by atoms with Crippen molar-refractivity contribution in [2.45, 2.75) is 19.4 Å². The molecule has 10 nitrogen and oxygen atoms in total. The van der Waals surface area contributed by atoms with Crippen LogP contribution in [0.5, 0.6) is 0 Å². The van der Waals surface area contributed by atoms with Crippen molar-refractivity contribution in [3.8, 4) is 11.3 Å². The van der Waals surface area contributed by atoms with Gasteiger partial charge in [0.25, 0.3) is 0 Å². The van der Waals surface area contributed by atoms with Crippen LogP contribution in [0.25, 0.3) is 22.4 Å². The molecule has 10 heteroatoms. The van der Waals surface area contributed by atoms with Crippen molar-refractivity contribution in [1.29, 1.82) is 0 Å². The van der Waals surface area contributed by atoms with E-state index in [0.29, 0.717) is 25.2 Å². The number of imidazole rings is 1. The van der Waals surface area contributed by atoms with Crippen molar-refractivity contribution in [3.05, 3.63) is 18.7 Å². The third-order valence-electron chi connectivity index (χ3n) is 5.74. The average molecular weight is 395 g/mol. The van der Waals surface area contributed by atoms with Crippen LogP contribution in [0.4, 0.5) is 11.9 Å². The van der Waals surface area contributed by atoms with Gasteiger partial charge < -0.3 is 24.8 Å². The van der Waals surface area contributed by atoms with Gasteiger partial charge in [-0.1, -0.05) is 6.92 Å². The van der Waals surface area contributed by atoms with Gasteiger partial charge in [-0.15, -0.1) is 0 Å². The van der Waals surface area contributed by atoms with Crippen LogP contribution in [0, 0.1) is 0 Å². The topological polar surface area (TPSA) is 111 Å². The number of likely N-dealkylation sites (N-methyl/N-ethyl adjacent to an activating group) is 1. The number of likely N-dealkylation sites (tertiary alicyclic amines) is 1. The Kier molecular flexibility index (Phi) is 4.72. The van der Waals surface area contributed by atoms with Crippen LogP contribution >= 0.6 is 0 Å². The summed E-state index contributed by atoms with van der Waals surface area (Å²) in [6.07, 6.45) is 6.38. The summed E-state index contributed by atoms with van der Waals surface area (Å²) < 4.78 is 7.70. The molecule has 0 amide bonds.